The molecule has 0 saturated heterocycles. The van der Waals surface area contributed by atoms with Crippen LogP contribution in [0.5, 0.6) is 5.75 Å². The third-order valence-electron chi connectivity index (χ3n) is 2.78. The Balaban J connectivity index is 2.30. The Kier molecular flexibility index (Phi) is 5.16. The Hall–Kier alpha value is -0.940. The second-order valence-electron chi connectivity index (χ2n) is 4.16. The van der Waals surface area contributed by atoms with E-state index in [4.69, 9.17) is 4.74 Å². The van der Waals surface area contributed by atoms with Crippen molar-refractivity contribution in [1.82, 2.24) is 0 Å². The van der Waals surface area contributed by atoms with Gasteiger partial charge in [-0.2, -0.15) is 0 Å². The summed E-state index contributed by atoms with van der Waals surface area (Å²) in [7, 11) is 0. The van der Waals surface area contributed by atoms with E-state index in [9.17, 15) is 8.78 Å². The monoisotopic (exact) mass is 404 g/mol. The lowest BCUT2D eigenvalue weighted by Gasteiger charge is -2.13. The van der Waals surface area contributed by atoms with Crippen molar-refractivity contribution in [2.75, 3.05) is 6.61 Å². The highest BCUT2D eigenvalue weighted by Gasteiger charge is 2.14. The molecule has 0 aliphatic heterocycles. The molecule has 0 heterocycles. The standard InChI is InChI=1S/C15H12Br2F2O/c1-2-20-14-6-4-9(7-11(14)16)15(17)10-3-5-12(18)13(19)8-10/h3-8,15H,2H2,1H3. The highest BCUT2D eigenvalue weighted by Crippen LogP contribution is 2.35. The van der Waals surface area contributed by atoms with Gasteiger partial charge in [0.2, 0.25) is 0 Å². The highest BCUT2D eigenvalue weighted by atomic mass is 79.9. The van der Waals surface area contributed by atoms with Gasteiger partial charge >= 0.3 is 0 Å². The SMILES string of the molecule is CCOc1ccc(C(Br)c2ccc(F)c(F)c2)cc1Br. The number of halogens is 4. The first-order valence-corrected chi connectivity index (χ1v) is 7.75. The number of benzene rings is 2. The summed E-state index contributed by atoms with van der Waals surface area (Å²) in [5, 5.41) is 0. The maximum Gasteiger partial charge on any atom is 0.159 e. The average Bonchev–Trinajstić information content (AvgIpc) is 2.43. The maximum absolute atomic E-state index is 13.3. The molecule has 0 bridgehead atoms. The molecule has 0 fully saturated rings. The third kappa shape index (κ3) is 3.38. The van der Waals surface area contributed by atoms with Gasteiger partial charge in [-0.1, -0.05) is 28.1 Å². The van der Waals surface area contributed by atoms with E-state index in [1.54, 1.807) is 6.07 Å². The topological polar surface area (TPSA) is 9.23 Å². The summed E-state index contributed by atoms with van der Waals surface area (Å²) in [5.41, 5.74) is 1.58. The second kappa shape index (κ2) is 6.68. The molecule has 1 atom stereocenters. The molecule has 106 valence electrons. The molecule has 0 saturated carbocycles. The van der Waals surface area contributed by atoms with E-state index in [-0.39, 0.29) is 4.83 Å². The van der Waals surface area contributed by atoms with Crippen molar-refractivity contribution < 1.29 is 13.5 Å². The van der Waals surface area contributed by atoms with Crippen molar-refractivity contribution >= 4 is 31.9 Å². The smallest absolute Gasteiger partial charge is 0.159 e. The second-order valence-corrected chi connectivity index (χ2v) is 5.93. The third-order valence-corrected chi connectivity index (χ3v) is 4.46. The molecular weight excluding hydrogens is 394 g/mol. The van der Waals surface area contributed by atoms with Crippen LogP contribution < -0.4 is 4.74 Å². The summed E-state index contributed by atoms with van der Waals surface area (Å²) in [4.78, 5) is -0.218. The summed E-state index contributed by atoms with van der Waals surface area (Å²) in [5.74, 6) is -0.945. The molecular formula is C15H12Br2F2O. The fourth-order valence-corrected chi connectivity index (χ4v) is 2.89. The lowest BCUT2D eigenvalue weighted by atomic mass is 10.0. The van der Waals surface area contributed by atoms with Crippen LogP contribution in [0.2, 0.25) is 0 Å². The zero-order chi connectivity index (χ0) is 14.7. The van der Waals surface area contributed by atoms with Gasteiger partial charge in [0.05, 0.1) is 15.9 Å². The van der Waals surface area contributed by atoms with Crippen LogP contribution in [0.1, 0.15) is 22.9 Å². The van der Waals surface area contributed by atoms with Gasteiger partial charge in [0.25, 0.3) is 0 Å². The molecule has 5 heteroatoms. The van der Waals surface area contributed by atoms with E-state index in [1.807, 2.05) is 25.1 Å². The number of hydrogen-bond acceptors (Lipinski definition) is 1. The fraction of sp³-hybridized carbons (Fsp3) is 0.200. The fourth-order valence-electron chi connectivity index (χ4n) is 1.81. The molecule has 0 N–H and O–H groups in total. The van der Waals surface area contributed by atoms with Gasteiger partial charge in [-0.15, -0.1) is 0 Å². The van der Waals surface area contributed by atoms with Crippen molar-refractivity contribution in [3.63, 3.8) is 0 Å². The van der Waals surface area contributed by atoms with Crippen LogP contribution in [0, 0.1) is 11.6 Å². The zero-order valence-corrected chi connectivity index (χ0v) is 13.8. The van der Waals surface area contributed by atoms with Crippen LogP contribution in [0.3, 0.4) is 0 Å². The molecule has 1 nitrogen and oxygen atoms in total. The molecule has 2 aromatic carbocycles. The first-order chi connectivity index (χ1) is 9.52. The summed E-state index contributed by atoms with van der Waals surface area (Å²) in [6.45, 7) is 2.49. The number of hydrogen-bond donors (Lipinski definition) is 0. The van der Waals surface area contributed by atoms with Crippen molar-refractivity contribution in [2.45, 2.75) is 11.8 Å². The quantitative estimate of drug-likeness (QED) is 0.600. The molecule has 0 aliphatic carbocycles. The van der Waals surface area contributed by atoms with E-state index < -0.39 is 11.6 Å². The maximum atomic E-state index is 13.3. The number of alkyl halides is 1. The van der Waals surface area contributed by atoms with Crippen LogP contribution in [0.4, 0.5) is 8.78 Å². The molecule has 0 spiro atoms. The first kappa shape index (κ1) is 15.4. The predicted octanol–water partition coefficient (Wildman–Crippen LogP) is 5.61. The summed E-state index contributed by atoms with van der Waals surface area (Å²) >= 11 is 6.93. The lowest BCUT2D eigenvalue weighted by Crippen LogP contribution is -1.97. The van der Waals surface area contributed by atoms with Crippen molar-refractivity contribution in [1.29, 1.82) is 0 Å². The van der Waals surface area contributed by atoms with Crippen molar-refractivity contribution in [2.24, 2.45) is 0 Å². The Morgan fingerprint density at radius 1 is 1.05 bits per heavy atom. The van der Waals surface area contributed by atoms with Gasteiger partial charge < -0.3 is 4.74 Å². The van der Waals surface area contributed by atoms with E-state index in [0.29, 0.717) is 12.2 Å². The van der Waals surface area contributed by atoms with Crippen molar-refractivity contribution in [3.8, 4) is 5.75 Å². The Morgan fingerprint density at radius 3 is 2.30 bits per heavy atom. The van der Waals surface area contributed by atoms with Crippen LogP contribution >= 0.6 is 31.9 Å². The van der Waals surface area contributed by atoms with E-state index >= 15 is 0 Å². The minimum Gasteiger partial charge on any atom is -0.493 e. The molecule has 0 aromatic heterocycles. The van der Waals surface area contributed by atoms with Crippen LogP contribution in [-0.2, 0) is 0 Å². The minimum atomic E-state index is -0.850. The summed E-state index contributed by atoms with van der Waals surface area (Å²) in [6, 6.07) is 9.50. The molecule has 0 aliphatic rings. The van der Waals surface area contributed by atoms with Gasteiger partial charge in [-0.3, -0.25) is 0 Å². The van der Waals surface area contributed by atoms with Crippen LogP contribution in [0.15, 0.2) is 40.9 Å². The van der Waals surface area contributed by atoms with Crippen LogP contribution in [-0.4, -0.2) is 6.61 Å². The summed E-state index contributed by atoms with van der Waals surface area (Å²) in [6.07, 6.45) is 0. The predicted molar refractivity (Wildman–Crippen MR) is 82.4 cm³/mol. The van der Waals surface area contributed by atoms with Crippen LogP contribution in [0.25, 0.3) is 0 Å². The number of rotatable bonds is 4. The van der Waals surface area contributed by atoms with E-state index in [1.165, 1.54) is 6.07 Å². The molecule has 0 radical (unpaired) electrons. The van der Waals surface area contributed by atoms with Gasteiger partial charge in [0.1, 0.15) is 5.75 Å². The van der Waals surface area contributed by atoms with E-state index in [0.717, 1.165) is 21.9 Å². The molecule has 2 rings (SSSR count). The molecule has 0 amide bonds. The highest BCUT2D eigenvalue weighted by molar-refractivity contribution is 9.10. The minimum absolute atomic E-state index is 0.218. The average molecular weight is 406 g/mol. The molecule has 20 heavy (non-hydrogen) atoms. The largest absolute Gasteiger partial charge is 0.493 e. The Bertz CT molecular complexity index is 617. The van der Waals surface area contributed by atoms with Crippen molar-refractivity contribution in [3.05, 3.63) is 63.6 Å². The van der Waals surface area contributed by atoms with Gasteiger partial charge in [-0.05, 0) is 58.2 Å². The molecule has 2 aromatic rings. The Labute approximate surface area is 133 Å². The lowest BCUT2D eigenvalue weighted by molar-refractivity contribution is 0.338. The molecule has 1 unspecified atom stereocenters. The normalized spacial score (nSPS) is 12.2. The van der Waals surface area contributed by atoms with Gasteiger partial charge in [0.15, 0.2) is 11.6 Å². The summed E-state index contributed by atoms with van der Waals surface area (Å²) < 4.78 is 32.5. The first-order valence-electron chi connectivity index (χ1n) is 6.04. The zero-order valence-electron chi connectivity index (χ0n) is 10.7. The van der Waals surface area contributed by atoms with E-state index in [2.05, 4.69) is 31.9 Å². The Morgan fingerprint density at radius 2 is 1.70 bits per heavy atom. The van der Waals surface area contributed by atoms with Gasteiger partial charge in [-0.25, -0.2) is 8.78 Å². The van der Waals surface area contributed by atoms with Gasteiger partial charge in [0, 0.05) is 0 Å². The number of ether oxygens (including phenoxy) is 1.